The Labute approximate surface area is 112 Å². The van der Waals surface area contributed by atoms with Crippen molar-refractivity contribution < 1.29 is 4.21 Å². The van der Waals surface area contributed by atoms with E-state index in [9.17, 15) is 4.21 Å². The summed E-state index contributed by atoms with van der Waals surface area (Å²) in [6.45, 7) is 0. The van der Waals surface area contributed by atoms with Crippen molar-refractivity contribution in [1.29, 1.82) is 0 Å². The third-order valence-electron chi connectivity index (χ3n) is 2.74. The first-order valence-corrected chi connectivity index (χ1v) is 7.88. The molecule has 0 atom stereocenters. The number of nitrogens with one attached hydrogen (secondary N) is 1. The van der Waals surface area contributed by atoms with Gasteiger partial charge in [0.15, 0.2) is 0 Å². The molecule has 1 aromatic rings. The average Bonchev–Trinajstić information content (AvgIpc) is 2.25. The van der Waals surface area contributed by atoms with Crippen molar-refractivity contribution in [3.8, 4) is 0 Å². The van der Waals surface area contributed by atoms with Gasteiger partial charge < -0.3 is 11.1 Å². The molecule has 2 rings (SSSR count). The minimum absolute atomic E-state index is 0.454. The maximum Gasteiger partial charge on any atom is 0.0479 e. The molecule has 1 aromatic carbocycles. The molecular weight excluding hydrogens is 335 g/mol. The first-order chi connectivity index (χ1) is 7.65. The molecule has 16 heavy (non-hydrogen) atoms. The summed E-state index contributed by atoms with van der Waals surface area (Å²) < 4.78 is 12.4. The molecule has 0 saturated carbocycles. The van der Waals surface area contributed by atoms with E-state index in [1.54, 1.807) is 0 Å². The van der Waals surface area contributed by atoms with Crippen LogP contribution >= 0.6 is 22.6 Å². The largest absolute Gasteiger partial charge is 0.399 e. The molecule has 0 spiro atoms. The zero-order valence-corrected chi connectivity index (χ0v) is 11.9. The van der Waals surface area contributed by atoms with Crippen LogP contribution in [0.1, 0.15) is 12.8 Å². The summed E-state index contributed by atoms with van der Waals surface area (Å²) >= 11 is 2.28. The fourth-order valence-electron chi connectivity index (χ4n) is 1.81. The van der Waals surface area contributed by atoms with Crippen LogP contribution in [0, 0.1) is 3.57 Å². The van der Waals surface area contributed by atoms with E-state index in [-0.39, 0.29) is 0 Å². The Bertz CT molecular complexity index is 401. The molecule has 3 N–H and O–H groups in total. The lowest BCUT2D eigenvalue weighted by Gasteiger charge is -2.24. The lowest BCUT2D eigenvalue weighted by atomic mass is 10.1. The Kier molecular flexibility index (Phi) is 4.07. The number of nitrogens with two attached hydrogens (primary N) is 1. The van der Waals surface area contributed by atoms with E-state index >= 15 is 0 Å². The average molecular weight is 350 g/mol. The van der Waals surface area contributed by atoms with E-state index in [0.717, 1.165) is 39.3 Å². The van der Waals surface area contributed by atoms with Gasteiger partial charge in [-0.25, -0.2) is 0 Å². The van der Waals surface area contributed by atoms with Gasteiger partial charge in [0.05, 0.1) is 0 Å². The zero-order valence-electron chi connectivity index (χ0n) is 8.91. The van der Waals surface area contributed by atoms with Crippen LogP contribution in [0.15, 0.2) is 18.2 Å². The SMILES string of the molecule is Nc1ccc(NC2CCS(=O)CC2)c(I)c1. The lowest BCUT2D eigenvalue weighted by Crippen LogP contribution is -2.29. The van der Waals surface area contributed by atoms with Crippen LogP contribution in [0.4, 0.5) is 11.4 Å². The molecule has 5 heteroatoms. The Morgan fingerprint density at radius 1 is 1.38 bits per heavy atom. The highest BCUT2D eigenvalue weighted by Gasteiger charge is 2.18. The van der Waals surface area contributed by atoms with E-state index in [0.29, 0.717) is 6.04 Å². The van der Waals surface area contributed by atoms with Crippen LogP contribution in [-0.4, -0.2) is 21.8 Å². The normalized spacial score (nSPS) is 25.3. The van der Waals surface area contributed by atoms with E-state index in [2.05, 4.69) is 27.9 Å². The third-order valence-corrected chi connectivity index (χ3v) is 5.02. The Morgan fingerprint density at radius 2 is 2.06 bits per heavy atom. The van der Waals surface area contributed by atoms with Crippen molar-refractivity contribution in [2.45, 2.75) is 18.9 Å². The fourth-order valence-corrected chi connectivity index (χ4v) is 3.80. The van der Waals surface area contributed by atoms with Crippen molar-refractivity contribution in [3.63, 3.8) is 0 Å². The number of nitrogen functional groups attached to an aromatic ring is 1. The Hall–Kier alpha value is -0.300. The number of anilines is 2. The van der Waals surface area contributed by atoms with Crippen LogP contribution in [0.2, 0.25) is 0 Å². The van der Waals surface area contributed by atoms with E-state index in [4.69, 9.17) is 5.73 Å². The van der Waals surface area contributed by atoms with E-state index in [1.807, 2.05) is 18.2 Å². The predicted octanol–water partition coefficient (Wildman–Crippen LogP) is 2.20. The lowest BCUT2D eigenvalue weighted by molar-refractivity contribution is 0.624. The molecule has 88 valence electrons. The van der Waals surface area contributed by atoms with Gasteiger partial charge in [-0.1, -0.05) is 0 Å². The second kappa shape index (κ2) is 5.35. The smallest absolute Gasteiger partial charge is 0.0479 e. The molecule has 3 nitrogen and oxygen atoms in total. The minimum atomic E-state index is -0.590. The van der Waals surface area contributed by atoms with Crippen LogP contribution in [0.5, 0.6) is 0 Å². The van der Waals surface area contributed by atoms with Gasteiger partial charge in [-0.15, -0.1) is 0 Å². The Morgan fingerprint density at radius 3 is 2.69 bits per heavy atom. The number of benzene rings is 1. The van der Waals surface area contributed by atoms with Crippen LogP contribution in [0.25, 0.3) is 0 Å². The molecule has 0 amide bonds. The summed E-state index contributed by atoms with van der Waals surface area (Å²) in [7, 11) is -0.590. The molecule has 1 aliphatic rings. The maximum atomic E-state index is 11.2. The van der Waals surface area contributed by atoms with Gasteiger partial charge in [-0.2, -0.15) is 0 Å². The van der Waals surface area contributed by atoms with Crippen molar-refractivity contribution in [3.05, 3.63) is 21.8 Å². The molecule has 1 heterocycles. The molecular formula is C11H15IN2OS. The number of rotatable bonds is 2. The van der Waals surface area contributed by atoms with E-state index in [1.165, 1.54) is 0 Å². The van der Waals surface area contributed by atoms with Gasteiger partial charge in [-0.05, 0) is 53.6 Å². The minimum Gasteiger partial charge on any atom is -0.399 e. The van der Waals surface area contributed by atoms with Gasteiger partial charge in [-0.3, -0.25) is 4.21 Å². The van der Waals surface area contributed by atoms with Gasteiger partial charge >= 0.3 is 0 Å². The highest BCUT2D eigenvalue weighted by atomic mass is 127. The molecule has 1 aliphatic heterocycles. The summed E-state index contributed by atoms with van der Waals surface area (Å²) in [5.41, 5.74) is 7.63. The standard InChI is InChI=1S/C11H15IN2OS/c12-10-7-8(13)1-2-11(10)14-9-3-5-16(15)6-4-9/h1-2,7,9,14H,3-6,13H2. The molecule has 0 aromatic heterocycles. The highest BCUT2D eigenvalue weighted by Crippen LogP contribution is 2.23. The van der Waals surface area contributed by atoms with E-state index < -0.39 is 10.8 Å². The Balaban J connectivity index is 2.01. The van der Waals surface area contributed by atoms with Crippen molar-refractivity contribution in [1.82, 2.24) is 0 Å². The molecule has 0 radical (unpaired) electrons. The topological polar surface area (TPSA) is 55.1 Å². The highest BCUT2D eigenvalue weighted by molar-refractivity contribution is 14.1. The van der Waals surface area contributed by atoms with Crippen LogP contribution < -0.4 is 11.1 Å². The van der Waals surface area contributed by atoms with Crippen molar-refractivity contribution >= 4 is 44.8 Å². The summed E-state index contributed by atoms with van der Waals surface area (Å²) in [4.78, 5) is 0. The number of hydrogen-bond acceptors (Lipinski definition) is 3. The maximum absolute atomic E-state index is 11.2. The van der Waals surface area contributed by atoms with Crippen molar-refractivity contribution in [2.75, 3.05) is 22.6 Å². The summed E-state index contributed by atoms with van der Waals surface area (Å²) in [5, 5.41) is 3.50. The predicted molar refractivity (Wildman–Crippen MR) is 78.1 cm³/mol. The first kappa shape index (κ1) is 12.2. The van der Waals surface area contributed by atoms with Gasteiger partial charge in [0, 0.05) is 43.3 Å². The quantitative estimate of drug-likeness (QED) is 0.635. The summed E-state index contributed by atoms with van der Waals surface area (Å²) in [6.07, 6.45) is 1.99. The molecule has 0 aliphatic carbocycles. The summed E-state index contributed by atoms with van der Waals surface area (Å²) in [5.74, 6) is 1.65. The van der Waals surface area contributed by atoms with Crippen LogP contribution in [0.3, 0.4) is 0 Å². The van der Waals surface area contributed by atoms with Crippen molar-refractivity contribution in [2.24, 2.45) is 0 Å². The third kappa shape index (κ3) is 3.10. The number of hydrogen-bond donors (Lipinski definition) is 2. The molecule has 1 fully saturated rings. The monoisotopic (exact) mass is 350 g/mol. The molecule has 0 unspecified atom stereocenters. The number of halogens is 1. The molecule has 1 saturated heterocycles. The van der Waals surface area contributed by atoms with Gasteiger partial charge in [0.2, 0.25) is 0 Å². The second-order valence-corrected chi connectivity index (χ2v) is 6.86. The fraction of sp³-hybridized carbons (Fsp3) is 0.455. The van der Waals surface area contributed by atoms with Gasteiger partial charge in [0.1, 0.15) is 0 Å². The molecule has 0 bridgehead atoms. The summed E-state index contributed by atoms with van der Waals surface area (Å²) in [6, 6.07) is 6.34. The van der Waals surface area contributed by atoms with Gasteiger partial charge in [0.25, 0.3) is 0 Å². The second-order valence-electron chi connectivity index (χ2n) is 4.01. The zero-order chi connectivity index (χ0) is 11.5. The van der Waals surface area contributed by atoms with Crippen LogP contribution in [-0.2, 0) is 10.8 Å². The first-order valence-electron chi connectivity index (χ1n) is 5.31.